The molecule has 2 fully saturated rings. The zero-order valence-electron chi connectivity index (χ0n) is 17.4. The van der Waals surface area contributed by atoms with Crippen LogP contribution in [0.1, 0.15) is 57.1 Å². The molecule has 28 heavy (non-hydrogen) atoms. The summed E-state index contributed by atoms with van der Waals surface area (Å²) < 4.78 is 0. The van der Waals surface area contributed by atoms with E-state index in [1.165, 1.54) is 24.8 Å². The van der Waals surface area contributed by atoms with E-state index in [1.54, 1.807) is 0 Å². The topological polar surface area (TPSA) is 59.4 Å². The van der Waals surface area contributed by atoms with Gasteiger partial charge in [0.15, 0.2) is 0 Å². The summed E-state index contributed by atoms with van der Waals surface area (Å²) in [7, 11) is 0. The number of rotatable bonds is 5. The number of carbonyl (C=O) groups is 1. The minimum Gasteiger partial charge on any atom is -0.352 e. The molecule has 5 heteroatoms. The number of nitrogens with one attached hydrogen (secondary N) is 1. The lowest BCUT2D eigenvalue weighted by molar-refractivity contribution is -0.127. The van der Waals surface area contributed by atoms with Crippen LogP contribution in [-0.4, -0.2) is 54.0 Å². The third-order valence-electron chi connectivity index (χ3n) is 6.48. The molecule has 3 rings (SSSR count). The summed E-state index contributed by atoms with van der Waals surface area (Å²) in [5.41, 5.74) is 1.95. The van der Waals surface area contributed by atoms with Gasteiger partial charge in [-0.15, -0.1) is 0 Å². The zero-order chi connectivity index (χ0) is 19.9. The Labute approximate surface area is 169 Å². The molecular weight excluding hydrogens is 348 g/mol. The van der Waals surface area contributed by atoms with Crippen LogP contribution < -0.4 is 5.32 Å². The van der Waals surface area contributed by atoms with Crippen LogP contribution in [0.2, 0.25) is 0 Å². The first-order valence-electron chi connectivity index (χ1n) is 10.8. The summed E-state index contributed by atoms with van der Waals surface area (Å²) in [6, 6.07) is 10.3. The first-order chi connectivity index (χ1) is 13.6. The minimum atomic E-state index is -0.0658. The second-order valence-corrected chi connectivity index (χ2v) is 8.53. The summed E-state index contributed by atoms with van der Waals surface area (Å²) in [5, 5.41) is 12.3. The minimum absolute atomic E-state index is 0.0658. The first kappa shape index (κ1) is 20.8. The monoisotopic (exact) mass is 382 g/mol. The lowest BCUT2D eigenvalue weighted by Gasteiger charge is -2.33. The van der Waals surface area contributed by atoms with Crippen molar-refractivity contribution in [1.29, 1.82) is 5.26 Å². The van der Waals surface area contributed by atoms with Crippen LogP contribution in [0.15, 0.2) is 24.3 Å². The molecule has 152 valence electrons. The summed E-state index contributed by atoms with van der Waals surface area (Å²) in [4.78, 5) is 17.6. The number of hydrogen-bond donors (Lipinski definition) is 1. The molecular formula is C23H34N4O. The van der Waals surface area contributed by atoms with Crippen LogP contribution in [0, 0.1) is 17.2 Å². The molecule has 0 spiro atoms. The Morgan fingerprint density at radius 1 is 1.14 bits per heavy atom. The number of hydrogen-bond acceptors (Lipinski definition) is 4. The highest BCUT2D eigenvalue weighted by Crippen LogP contribution is 2.24. The lowest BCUT2D eigenvalue weighted by atomic mass is 9.86. The van der Waals surface area contributed by atoms with Crippen molar-refractivity contribution in [3.63, 3.8) is 0 Å². The maximum absolute atomic E-state index is 12.8. The second-order valence-electron chi connectivity index (χ2n) is 8.53. The Hall–Kier alpha value is -1.90. The van der Waals surface area contributed by atoms with Gasteiger partial charge in [-0.05, 0) is 56.3 Å². The molecule has 2 aliphatic rings. The van der Waals surface area contributed by atoms with E-state index in [-0.39, 0.29) is 11.9 Å². The van der Waals surface area contributed by atoms with Gasteiger partial charge in [-0.25, -0.2) is 0 Å². The van der Waals surface area contributed by atoms with Crippen LogP contribution >= 0.6 is 0 Å². The van der Waals surface area contributed by atoms with Crippen molar-refractivity contribution in [2.75, 3.05) is 26.2 Å². The molecule has 0 aromatic heterocycles. The van der Waals surface area contributed by atoms with Gasteiger partial charge in [0.2, 0.25) is 5.91 Å². The van der Waals surface area contributed by atoms with E-state index in [1.807, 2.05) is 24.3 Å². The normalized spacial score (nSPS) is 25.5. The largest absolute Gasteiger partial charge is 0.352 e. The molecule has 5 nitrogen and oxygen atoms in total. The zero-order valence-corrected chi connectivity index (χ0v) is 17.4. The van der Waals surface area contributed by atoms with Crippen molar-refractivity contribution in [2.45, 2.75) is 64.6 Å². The van der Waals surface area contributed by atoms with E-state index in [4.69, 9.17) is 5.26 Å². The number of carbonyl (C=O) groups excluding carboxylic acids is 1. The van der Waals surface area contributed by atoms with Crippen LogP contribution in [0.4, 0.5) is 0 Å². The van der Waals surface area contributed by atoms with Crippen LogP contribution in [0.5, 0.6) is 0 Å². The van der Waals surface area contributed by atoms with Crippen molar-refractivity contribution in [1.82, 2.24) is 15.1 Å². The first-order valence-corrected chi connectivity index (χ1v) is 10.8. The Balaban J connectivity index is 1.49. The SMILES string of the molecule is CC1CCCCC1NC(=O)C(C)N1CCCN(Cc2ccc(C#N)cc2)CC1. The van der Waals surface area contributed by atoms with Gasteiger partial charge in [-0.1, -0.05) is 31.9 Å². The Kier molecular flexibility index (Phi) is 7.47. The maximum atomic E-state index is 12.8. The number of nitriles is 1. The highest BCUT2D eigenvalue weighted by Gasteiger charge is 2.28. The number of nitrogens with zero attached hydrogens (tertiary/aromatic N) is 3. The van der Waals surface area contributed by atoms with Gasteiger partial charge in [0.05, 0.1) is 17.7 Å². The summed E-state index contributed by atoms with van der Waals surface area (Å²) >= 11 is 0. The Bertz CT molecular complexity index is 681. The second kappa shape index (κ2) is 10.0. The van der Waals surface area contributed by atoms with Crippen molar-refractivity contribution in [3.05, 3.63) is 35.4 Å². The van der Waals surface area contributed by atoms with Gasteiger partial charge >= 0.3 is 0 Å². The lowest BCUT2D eigenvalue weighted by Crippen LogP contribution is -2.51. The quantitative estimate of drug-likeness (QED) is 0.850. The van der Waals surface area contributed by atoms with Crippen molar-refractivity contribution in [3.8, 4) is 6.07 Å². The fourth-order valence-electron chi connectivity index (χ4n) is 4.48. The van der Waals surface area contributed by atoms with E-state index in [2.05, 4.69) is 35.0 Å². The third-order valence-corrected chi connectivity index (χ3v) is 6.48. The highest BCUT2D eigenvalue weighted by atomic mass is 16.2. The van der Waals surface area contributed by atoms with Gasteiger partial charge < -0.3 is 5.32 Å². The molecule has 1 amide bonds. The highest BCUT2D eigenvalue weighted by molar-refractivity contribution is 5.81. The molecule has 1 saturated carbocycles. The van der Waals surface area contributed by atoms with Crippen molar-refractivity contribution >= 4 is 5.91 Å². The van der Waals surface area contributed by atoms with Gasteiger partial charge in [0.25, 0.3) is 0 Å². The molecule has 1 aliphatic carbocycles. The molecule has 1 N–H and O–H groups in total. The number of amides is 1. The molecule has 3 atom stereocenters. The maximum Gasteiger partial charge on any atom is 0.237 e. The Morgan fingerprint density at radius 3 is 2.61 bits per heavy atom. The average Bonchev–Trinajstić information content (AvgIpc) is 2.95. The van der Waals surface area contributed by atoms with Crippen molar-refractivity contribution < 1.29 is 4.79 Å². The average molecular weight is 383 g/mol. The molecule has 1 saturated heterocycles. The van der Waals surface area contributed by atoms with E-state index in [0.29, 0.717) is 17.5 Å². The summed E-state index contributed by atoms with van der Waals surface area (Å²) in [5.74, 6) is 0.788. The van der Waals surface area contributed by atoms with Gasteiger partial charge in [0, 0.05) is 32.2 Å². The predicted molar refractivity (Wildman–Crippen MR) is 112 cm³/mol. The molecule has 0 bridgehead atoms. The van der Waals surface area contributed by atoms with E-state index < -0.39 is 0 Å². The molecule has 1 aromatic carbocycles. The number of benzene rings is 1. The van der Waals surface area contributed by atoms with Gasteiger partial charge in [-0.2, -0.15) is 5.26 Å². The fourth-order valence-corrected chi connectivity index (χ4v) is 4.48. The standard InChI is InChI=1S/C23H34N4O/c1-18-6-3-4-7-22(18)25-23(28)19(2)27-13-5-12-26(14-15-27)17-21-10-8-20(16-24)9-11-21/h8-11,18-19,22H,3-7,12-15,17H2,1-2H3,(H,25,28). The molecule has 0 radical (unpaired) electrons. The van der Waals surface area contributed by atoms with E-state index in [9.17, 15) is 4.79 Å². The fraction of sp³-hybridized carbons (Fsp3) is 0.652. The predicted octanol–water partition coefficient (Wildman–Crippen LogP) is 3.15. The van der Waals surface area contributed by atoms with Crippen LogP contribution in [0.3, 0.4) is 0 Å². The van der Waals surface area contributed by atoms with Gasteiger partial charge in [-0.3, -0.25) is 14.6 Å². The van der Waals surface area contributed by atoms with Crippen molar-refractivity contribution in [2.24, 2.45) is 5.92 Å². The van der Waals surface area contributed by atoms with Crippen LogP contribution in [-0.2, 0) is 11.3 Å². The van der Waals surface area contributed by atoms with E-state index in [0.717, 1.165) is 45.6 Å². The molecule has 3 unspecified atom stereocenters. The third kappa shape index (κ3) is 5.56. The Morgan fingerprint density at radius 2 is 1.89 bits per heavy atom. The van der Waals surface area contributed by atoms with Crippen LogP contribution in [0.25, 0.3) is 0 Å². The smallest absolute Gasteiger partial charge is 0.237 e. The molecule has 1 aromatic rings. The van der Waals surface area contributed by atoms with E-state index >= 15 is 0 Å². The summed E-state index contributed by atoms with van der Waals surface area (Å²) in [6.45, 7) is 9.13. The van der Waals surface area contributed by atoms with Gasteiger partial charge in [0.1, 0.15) is 0 Å². The summed E-state index contributed by atoms with van der Waals surface area (Å²) in [6.07, 6.45) is 5.96. The molecule has 1 aliphatic heterocycles. The molecule has 1 heterocycles.